The van der Waals surface area contributed by atoms with Gasteiger partial charge in [-0.3, -0.25) is 0 Å². The molecule has 0 amide bonds. The molecular weight excluding hydrogens is 212 g/mol. The molecule has 0 spiro atoms. The van der Waals surface area contributed by atoms with Crippen molar-refractivity contribution in [3.05, 3.63) is 23.7 Å². The van der Waals surface area contributed by atoms with Crippen molar-refractivity contribution in [3.63, 3.8) is 0 Å². The van der Waals surface area contributed by atoms with Gasteiger partial charge in [0.15, 0.2) is 0 Å². The summed E-state index contributed by atoms with van der Waals surface area (Å²) < 4.78 is 25.0. The monoisotopic (exact) mass is 217 g/mol. The van der Waals surface area contributed by atoms with Gasteiger partial charge < -0.3 is 0 Å². The average Bonchev–Trinajstić information content (AvgIpc) is 2.49. The lowest BCUT2D eigenvalue weighted by Crippen LogP contribution is -1.80. The van der Waals surface area contributed by atoms with E-state index in [1.165, 1.54) is 11.3 Å². The summed E-state index contributed by atoms with van der Waals surface area (Å²) >= 11 is 2.05. The number of nitrogens with zero attached hydrogens (tertiary/aromatic N) is 1. The summed E-state index contributed by atoms with van der Waals surface area (Å²) in [5.74, 6) is -2.36. The topological polar surface area (TPSA) is 12.9 Å². The number of alkyl halides is 2. The van der Waals surface area contributed by atoms with Crippen LogP contribution in [0.25, 0.3) is 10.2 Å². The molecule has 1 aromatic carbocycles. The Balaban J connectivity index is 2.37. The van der Waals surface area contributed by atoms with Gasteiger partial charge in [0.2, 0.25) is 0 Å². The van der Waals surface area contributed by atoms with Crippen molar-refractivity contribution >= 4 is 33.3 Å². The van der Waals surface area contributed by atoms with Crippen LogP contribution in [0.1, 0.15) is 0 Å². The third kappa shape index (κ3) is 1.97. The molecule has 5 heteroatoms. The Kier molecular flexibility index (Phi) is 2.46. The van der Waals surface area contributed by atoms with E-state index in [-0.39, 0.29) is 0 Å². The van der Waals surface area contributed by atoms with Crippen LogP contribution in [-0.2, 0) is 0 Å². The van der Waals surface area contributed by atoms with Crippen LogP contribution in [0.5, 0.6) is 0 Å². The lowest BCUT2D eigenvalue weighted by molar-refractivity contribution is 0.252. The number of halogens is 2. The number of benzene rings is 1. The zero-order valence-corrected chi connectivity index (χ0v) is 8.04. The first-order valence-corrected chi connectivity index (χ1v) is 5.30. The maximum absolute atomic E-state index is 12.0. The first-order chi connectivity index (χ1) is 6.25. The second-order valence-electron chi connectivity index (χ2n) is 2.36. The Morgan fingerprint density at radius 3 is 3.00 bits per heavy atom. The molecule has 0 aliphatic heterocycles. The van der Waals surface area contributed by atoms with Gasteiger partial charge in [0, 0.05) is 4.90 Å². The Morgan fingerprint density at radius 2 is 2.23 bits per heavy atom. The molecule has 0 saturated carbocycles. The summed E-state index contributed by atoms with van der Waals surface area (Å²) in [6.07, 6.45) is 0. The highest BCUT2D eigenvalue weighted by molar-refractivity contribution is 7.99. The second kappa shape index (κ2) is 3.59. The standard InChI is InChI=1S/C8H5F2NS2/c9-8(10)13-5-1-2-7-6(3-5)11-4-12-7/h1-4,8H. The van der Waals surface area contributed by atoms with Crippen molar-refractivity contribution in [2.75, 3.05) is 0 Å². The number of hydrogen-bond acceptors (Lipinski definition) is 3. The number of aromatic nitrogens is 1. The van der Waals surface area contributed by atoms with E-state index in [2.05, 4.69) is 4.98 Å². The van der Waals surface area contributed by atoms with Gasteiger partial charge in [-0.2, -0.15) is 8.78 Å². The molecular formula is C8H5F2NS2. The summed E-state index contributed by atoms with van der Waals surface area (Å²) in [5.41, 5.74) is 2.50. The number of hydrogen-bond donors (Lipinski definition) is 0. The van der Waals surface area contributed by atoms with E-state index in [4.69, 9.17) is 0 Å². The highest BCUT2D eigenvalue weighted by Gasteiger charge is 2.06. The second-order valence-corrected chi connectivity index (χ2v) is 4.31. The maximum Gasteiger partial charge on any atom is 0.288 e. The van der Waals surface area contributed by atoms with E-state index in [1.807, 2.05) is 6.07 Å². The van der Waals surface area contributed by atoms with Crippen molar-refractivity contribution in [3.8, 4) is 0 Å². The first-order valence-electron chi connectivity index (χ1n) is 3.54. The minimum atomic E-state index is -2.36. The van der Waals surface area contributed by atoms with Crippen molar-refractivity contribution < 1.29 is 8.78 Å². The van der Waals surface area contributed by atoms with Crippen LogP contribution in [0.2, 0.25) is 0 Å². The highest BCUT2D eigenvalue weighted by atomic mass is 32.2. The van der Waals surface area contributed by atoms with Crippen molar-refractivity contribution in [1.29, 1.82) is 0 Å². The largest absolute Gasteiger partial charge is 0.288 e. The lowest BCUT2D eigenvalue weighted by Gasteiger charge is -1.98. The fourth-order valence-electron chi connectivity index (χ4n) is 1.01. The van der Waals surface area contributed by atoms with Crippen LogP contribution < -0.4 is 0 Å². The molecule has 0 unspecified atom stereocenters. The van der Waals surface area contributed by atoms with Crippen LogP contribution >= 0.6 is 23.1 Å². The van der Waals surface area contributed by atoms with E-state index in [0.29, 0.717) is 16.7 Å². The molecule has 0 aliphatic rings. The summed E-state index contributed by atoms with van der Waals surface area (Å²) in [4.78, 5) is 4.61. The predicted molar refractivity (Wildman–Crippen MR) is 51.5 cm³/mol. The van der Waals surface area contributed by atoms with Crippen molar-refractivity contribution in [2.45, 2.75) is 10.7 Å². The van der Waals surface area contributed by atoms with Gasteiger partial charge in [0.05, 0.1) is 15.7 Å². The third-order valence-electron chi connectivity index (χ3n) is 1.53. The first kappa shape index (κ1) is 8.90. The van der Waals surface area contributed by atoms with Gasteiger partial charge in [-0.25, -0.2) is 4.98 Å². The van der Waals surface area contributed by atoms with Crippen LogP contribution in [0.15, 0.2) is 28.6 Å². The van der Waals surface area contributed by atoms with Gasteiger partial charge >= 0.3 is 0 Å². The molecule has 0 bridgehead atoms. The summed E-state index contributed by atoms with van der Waals surface area (Å²) in [7, 11) is 0. The Bertz CT molecular complexity index is 413. The molecule has 0 atom stereocenters. The molecule has 2 aromatic rings. The Morgan fingerprint density at radius 1 is 1.38 bits per heavy atom. The van der Waals surface area contributed by atoms with Crippen LogP contribution in [0.3, 0.4) is 0 Å². The van der Waals surface area contributed by atoms with Crippen LogP contribution in [0.4, 0.5) is 8.78 Å². The lowest BCUT2D eigenvalue weighted by atomic mass is 10.3. The maximum atomic E-state index is 12.0. The molecule has 0 aliphatic carbocycles. The van der Waals surface area contributed by atoms with Gasteiger partial charge in [-0.1, -0.05) is 11.8 Å². The van der Waals surface area contributed by atoms with Crippen molar-refractivity contribution in [1.82, 2.24) is 4.98 Å². The Hall–Kier alpha value is -0.680. The van der Waals surface area contributed by atoms with E-state index in [0.717, 1.165) is 10.2 Å². The fraction of sp³-hybridized carbons (Fsp3) is 0.125. The van der Waals surface area contributed by atoms with Gasteiger partial charge in [0.1, 0.15) is 0 Å². The Labute approximate surface area is 81.8 Å². The molecule has 1 heterocycles. The number of rotatable bonds is 2. The normalized spacial score (nSPS) is 11.3. The fourth-order valence-corrected chi connectivity index (χ4v) is 2.20. The van der Waals surface area contributed by atoms with Crippen LogP contribution in [0, 0.1) is 0 Å². The molecule has 0 N–H and O–H groups in total. The predicted octanol–water partition coefficient (Wildman–Crippen LogP) is 3.61. The van der Waals surface area contributed by atoms with Crippen molar-refractivity contribution in [2.24, 2.45) is 0 Å². The minimum absolute atomic E-state index is 0.548. The van der Waals surface area contributed by atoms with Gasteiger partial charge in [-0.05, 0) is 18.2 Å². The quantitative estimate of drug-likeness (QED) is 0.713. The summed E-state index contributed by atoms with van der Waals surface area (Å²) in [6.45, 7) is 0. The average molecular weight is 217 g/mol. The summed E-state index contributed by atoms with van der Waals surface area (Å²) in [6, 6.07) is 5.19. The zero-order chi connectivity index (χ0) is 9.26. The minimum Gasteiger partial charge on any atom is -0.245 e. The molecule has 2 rings (SSSR count). The number of fused-ring (bicyclic) bond motifs is 1. The third-order valence-corrected chi connectivity index (χ3v) is 3.04. The van der Waals surface area contributed by atoms with Gasteiger partial charge in [-0.15, -0.1) is 11.3 Å². The molecule has 1 aromatic heterocycles. The molecule has 68 valence electrons. The highest BCUT2D eigenvalue weighted by Crippen LogP contribution is 2.28. The van der Waals surface area contributed by atoms with E-state index >= 15 is 0 Å². The smallest absolute Gasteiger partial charge is 0.245 e. The van der Waals surface area contributed by atoms with Gasteiger partial charge in [0.25, 0.3) is 5.76 Å². The SMILES string of the molecule is FC(F)Sc1ccc2scnc2c1. The molecule has 1 nitrogen and oxygen atoms in total. The molecule has 13 heavy (non-hydrogen) atoms. The number of thiazole rings is 1. The molecule has 0 fully saturated rings. The molecule has 0 radical (unpaired) electrons. The van der Waals surface area contributed by atoms with Crippen LogP contribution in [-0.4, -0.2) is 10.7 Å². The zero-order valence-electron chi connectivity index (χ0n) is 6.41. The number of thioether (sulfide) groups is 1. The van der Waals surface area contributed by atoms with E-state index in [1.54, 1.807) is 17.6 Å². The van der Waals surface area contributed by atoms with E-state index < -0.39 is 5.76 Å². The summed E-state index contributed by atoms with van der Waals surface area (Å²) in [5, 5.41) is 0. The van der Waals surface area contributed by atoms with E-state index in [9.17, 15) is 8.78 Å². The molecule has 0 saturated heterocycles.